The van der Waals surface area contributed by atoms with Gasteiger partial charge < -0.3 is 15.4 Å². The standard InChI is InChI=1S/C18H21ClN2O3/c19-13-4-2-1-3-12(13)16-17(24-9-14(22)20-16)18(23)21-15(10-5-6-10)11-7-8-11/h1-4,10-11,15-17H,5-9H2,(H,20,22)(H,21,23)/t16-,17+/m1/s1. The zero-order valence-corrected chi connectivity index (χ0v) is 14.1. The molecule has 128 valence electrons. The van der Waals surface area contributed by atoms with Crippen molar-refractivity contribution in [3.8, 4) is 0 Å². The minimum absolute atomic E-state index is 0.101. The van der Waals surface area contributed by atoms with Crippen molar-refractivity contribution in [1.82, 2.24) is 10.6 Å². The SMILES string of the molecule is O=C1CO[C@H](C(=O)NC(C2CC2)C2CC2)[C@@H](c2ccccc2Cl)N1. The van der Waals surface area contributed by atoms with Crippen molar-refractivity contribution in [2.45, 2.75) is 43.9 Å². The van der Waals surface area contributed by atoms with Crippen LogP contribution in [0.3, 0.4) is 0 Å². The van der Waals surface area contributed by atoms with Gasteiger partial charge >= 0.3 is 0 Å². The largest absolute Gasteiger partial charge is 0.356 e. The number of morpholine rings is 1. The van der Waals surface area contributed by atoms with Gasteiger partial charge in [0.05, 0.1) is 6.04 Å². The van der Waals surface area contributed by atoms with E-state index in [9.17, 15) is 9.59 Å². The minimum Gasteiger partial charge on any atom is -0.356 e. The van der Waals surface area contributed by atoms with E-state index in [1.54, 1.807) is 6.07 Å². The number of rotatable bonds is 5. The zero-order chi connectivity index (χ0) is 16.7. The fraction of sp³-hybridized carbons (Fsp3) is 0.556. The van der Waals surface area contributed by atoms with Crippen molar-refractivity contribution in [2.75, 3.05) is 6.61 Å². The normalized spacial score (nSPS) is 27.0. The highest BCUT2D eigenvalue weighted by Crippen LogP contribution is 2.44. The fourth-order valence-electron chi connectivity index (χ4n) is 3.53. The van der Waals surface area contributed by atoms with Crippen LogP contribution in [-0.2, 0) is 14.3 Å². The van der Waals surface area contributed by atoms with Gasteiger partial charge in [-0.3, -0.25) is 9.59 Å². The van der Waals surface area contributed by atoms with Crippen molar-refractivity contribution < 1.29 is 14.3 Å². The Morgan fingerprint density at radius 1 is 1.21 bits per heavy atom. The predicted octanol–water partition coefficient (Wildman–Crippen LogP) is 2.20. The van der Waals surface area contributed by atoms with Gasteiger partial charge in [-0.1, -0.05) is 29.8 Å². The fourth-order valence-corrected chi connectivity index (χ4v) is 3.78. The molecule has 1 saturated heterocycles. The van der Waals surface area contributed by atoms with E-state index in [-0.39, 0.29) is 24.5 Å². The monoisotopic (exact) mass is 348 g/mol. The number of hydrogen-bond donors (Lipinski definition) is 2. The summed E-state index contributed by atoms with van der Waals surface area (Å²) in [6.07, 6.45) is 4.02. The summed E-state index contributed by atoms with van der Waals surface area (Å²) in [6, 6.07) is 6.94. The van der Waals surface area contributed by atoms with Gasteiger partial charge in [0.2, 0.25) is 5.91 Å². The Morgan fingerprint density at radius 3 is 2.50 bits per heavy atom. The highest BCUT2D eigenvalue weighted by molar-refractivity contribution is 6.31. The van der Waals surface area contributed by atoms with Gasteiger partial charge in [0.25, 0.3) is 5.91 Å². The summed E-state index contributed by atoms with van der Waals surface area (Å²) in [5.74, 6) is 0.838. The van der Waals surface area contributed by atoms with E-state index < -0.39 is 12.1 Å². The summed E-state index contributed by atoms with van der Waals surface area (Å²) in [6.45, 7) is -0.101. The van der Waals surface area contributed by atoms with E-state index in [4.69, 9.17) is 16.3 Å². The maximum absolute atomic E-state index is 12.8. The number of halogens is 1. The van der Waals surface area contributed by atoms with E-state index in [0.29, 0.717) is 22.4 Å². The Balaban J connectivity index is 1.53. The summed E-state index contributed by atoms with van der Waals surface area (Å²) in [4.78, 5) is 24.6. The lowest BCUT2D eigenvalue weighted by Gasteiger charge is -2.33. The maximum Gasteiger partial charge on any atom is 0.251 e. The molecular weight excluding hydrogens is 328 g/mol. The molecule has 2 saturated carbocycles. The molecule has 0 unspecified atom stereocenters. The molecule has 1 heterocycles. The average Bonchev–Trinajstić information content (AvgIpc) is 3.47. The number of carbonyl (C=O) groups excluding carboxylic acids is 2. The van der Waals surface area contributed by atoms with Crippen LogP contribution in [0.15, 0.2) is 24.3 Å². The zero-order valence-electron chi connectivity index (χ0n) is 13.3. The summed E-state index contributed by atoms with van der Waals surface area (Å²) >= 11 is 6.26. The van der Waals surface area contributed by atoms with E-state index >= 15 is 0 Å². The molecule has 2 atom stereocenters. The molecular formula is C18H21ClN2O3. The number of nitrogens with one attached hydrogen (secondary N) is 2. The molecule has 2 aliphatic carbocycles. The molecule has 0 aromatic heterocycles. The van der Waals surface area contributed by atoms with Crippen LogP contribution in [0.25, 0.3) is 0 Å². The number of amides is 2. The van der Waals surface area contributed by atoms with Gasteiger partial charge in [0.15, 0.2) is 6.10 Å². The van der Waals surface area contributed by atoms with Gasteiger partial charge in [-0.2, -0.15) is 0 Å². The third kappa shape index (κ3) is 3.28. The van der Waals surface area contributed by atoms with Gasteiger partial charge in [-0.25, -0.2) is 0 Å². The lowest BCUT2D eigenvalue weighted by Crippen LogP contribution is -2.54. The molecule has 0 bridgehead atoms. The first-order valence-electron chi connectivity index (χ1n) is 8.59. The number of benzene rings is 1. The molecule has 4 rings (SSSR count). The predicted molar refractivity (Wildman–Crippen MR) is 89.5 cm³/mol. The average molecular weight is 349 g/mol. The summed E-state index contributed by atoms with van der Waals surface area (Å²) in [7, 11) is 0. The molecule has 3 fully saturated rings. The van der Waals surface area contributed by atoms with Gasteiger partial charge in [0.1, 0.15) is 6.61 Å². The highest BCUT2D eigenvalue weighted by atomic mass is 35.5. The molecule has 0 spiro atoms. The Hall–Kier alpha value is -1.59. The molecule has 5 nitrogen and oxygen atoms in total. The second kappa shape index (κ2) is 6.37. The third-order valence-corrected chi connectivity index (χ3v) is 5.42. The molecule has 3 aliphatic rings. The van der Waals surface area contributed by atoms with Crippen molar-refractivity contribution in [1.29, 1.82) is 0 Å². The summed E-state index contributed by atoms with van der Waals surface area (Å²) in [5, 5.41) is 6.56. The van der Waals surface area contributed by atoms with E-state index in [2.05, 4.69) is 10.6 Å². The highest BCUT2D eigenvalue weighted by Gasteiger charge is 2.45. The first kappa shape index (κ1) is 15.9. The van der Waals surface area contributed by atoms with E-state index in [1.165, 1.54) is 25.7 Å². The van der Waals surface area contributed by atoms with Crippen LogP contribution in [0.4, 0.5) is 0 Å². The third-order valence-electron chi connectivity index (χ3n) is 5.08. The topological polar surface area (TPSA) is 67.4 Å². The van der Waals surface area contributed by atoms with Crippen LogP contribution in [-0.4, -0.2) is 30.6 Å². The van der Waals surface area contributed by atoms with Gasteiger partial charge in [-0.15, -0.1) is 0 Å². The van der Waals surface area contributed by atoms with E-state index in [1.807, 2.05) is 18.2 Å². The van der Waals surface area contributed by atoms with Crippen molar-refractivity contribution in [3.05, 3.63) is 34.9 Å². The molecule has 2 amide bonds. The second-order valence-corrected chi connectivity index (χ2v) is 7.41. The van der Waals surface area contributed by atoms with Crippen LogP contribution in [0, 0.1) is 11.8 Å². The van der Waals surface area contributed by atoms with Crippen LogP contribution >= 0.6 is 11.6 Å². The Bertz CT molecular complexity index is 645. The van der Waals surface area contributed by atoms with Gasteiger partial charge in [-0.05, 0) is 49.1 Å². The summed E-state index contributed by atoms with van der Waals surface area (Å²) < 4.78 is 5.59. The number of ether oxygens (including phenoxy) is 1. The molecule has 24 heavy (non-hydrogen) atoms. The molecule has 0 radical (unpaired) electrons. The molecule has 6 heteroatoms. The number of carbonyl (C=O) groups is 2. The minimum atomic E-state index is -0.748. The quantitative estimate of drug-likeness (QED) is 0.857. The van der Waals surface area contributed by atoms with Crippen molar-refractivity contribution in [3.63, 3.8) is 0 Å². The second-order valence-electron chi connectivity index (χ2n) is 7.01. The van der Waals surface area contributed by atoms with Crippen LogP contribution in [0.1, 0.15) is 37.3 Å². The maximum atomic E-state index is 12.8. The lowest BCUT2D eigenvalue weighted by atomic mass is 9.98. The van der Waals surface area contributed by atoms with Crippen molar-refractivity contribution >= 4 is 23.4 Å². The first-order valence-corrected chi connectivity index (χ1v) is 8.97. The molecule has 1 aromatic carbocycles. The Morgan fingerprint density at radius 2 is 1.88 bits per heavy atom. The van der Waals surface area contributed by atoms with Crippen LogP contribution in [0.2, 0.25) is 5.02 Å². The first-order chi connectivity index (χ1) is 11.6. The molecule has 1 aromatic rings. The smallest absolute Gasteiger partial charge is 0.251 e. The van der Waals surface area contributed by atoms with Crippen molar-refractivity contribution in [2.24, 2.45) is 11.8 Å². The molecule has 2 N–H and O–H groups in total. The molecule has 1 aliphatic heterocycles. The number of hydrogen-bond acceptors (Lipinski definition) is 3. The Labute approximate surface area is 146 Å². The van der Waals surface area contributed by atoms with Gasteiger partial charge in [0, 0.05) is 11.1 Å². The summed E-state index contributed by atoms with van der Waals surface area (Å²) in [5.41, 5.74) is 0.710. The Kier molecular flexibility index (Phi) is 4.22. The van der Waals surface area contributed by atoms with Crippen LogP contribution < -0.4 is 10.6 Å². The van der Waals surface area contributed by atoms with E-state index in [0.717, 1.165) is 0 Å². The van der Waals surface area contributed by atoms with Crippen LogP contribution in [0.5, 0.6) is 0 Å². The lowest BCUT2D eigenvalue weighted by molar-refractivity contribution is -0.148.